The molecule has 4 heterocycles. The Morgan fingerprint density at radius 2 is 1.64 bits per heavy atom. The van der Waals surface area contributed by atoms with Crippen molar-refractivity contribution in [3.05, 3.63) is 71.7 Å². The molecule has 0 radical (unpaired) electrons. The van der Waals surface area contributed by atoms with Gasteiger partial charge in [-0.2, -0.15) is 18.3 Å². The summed E-state index contributed by atoms with van der Waals surface area (Å²) in [6.45, 7) is 1.88. The molecule has 1 aromatic carbocycles. The van der Waals surface area contributed by atoms with Crippen molar-refractivity contribution in [2.45, 2.75) is 43.4 Å². The number of H-pyrrole nitrogens is 1. The number of urea groups is 1. The molecule has 0 bridgehead atoms. The molecule has 3 aromatic rings. The number of alkyl halides is 3. The van der Waals surface area contributed by atoms with Crippen molar-refractivity contribution in [3.8, 4) is 11.3 Å². The van der Waals surface area contributed by atoms with E-state index in [1.165, 1.54) is 12.1 Å². The molecule has 2 aliphatic rings. The predicted octanol–water partition coefficient (Wildman–Crippen LogP) is 4.64. The highest BCUT2D eigenvalue weighted by Gasteiger charge is 2.36. The van der Waals surface area contributed by atoms with Gasteiger partial charge in [-0.05, 0) is 55.2 Å². The maximum Gasteiger partial charge on any atom is 0.416 e. The Balaban J connectivity index is 1.41. The number of pyridine rings is 1. The van der Waals surface area contributed by atoms with Gasteiger partial charge in [-0.15, -0.1) is 0 Å². The van der Waals surface area contributed by atoms with E-state index in [-0.39, 0.29) is 24.0 Å². The Hall–Kier alpha value is -3.40. The molecule has 5 rings (SSSR count). The van der Waals surface area contributed by atoms with Crippen LogP contribution in [-0.4, -0.2) is 68.4 Å². The van der Waals surface area contributed by atoms with Crippen molar-refractivity contribution in [1.29, 1.82) is 0 Å². The maximum absolute atomic E-state index is 13.4. The molecule has 2 amide bonds. The number of aliphatic hydroxyl groups excluding tert-OH is 1. The fourth-order valence-corrected chi connectivity index (χ4v) is 5.14. The van der Waals surface area contributed by atoms with Crippen LogP contribution in [-0.2, 0) is 6.18 Å². The van der Waals surface area contributed by atoms with Gasteiger partial charge in [0.05, 0.1) is 17.4 Å². The Kier molecular flexibility index (Phi) is 6.70. The number of aromatic amines is 1. The average molecular weight is 500 g/mol. The molecule has 2 saturated heterocycles. The minimum atomic E-state index is -4.40. The van der Waals surface area contributed by atoms with E-state index in [1.54, 1.807) is 22.2 Å². The lowest BCUT2D eigenvalue weighted by Crippen LogP contribution is -2.51. The molecular formula is C26H28F3N5O2. The number of rotatable bonds is 3. The Labute approximate surface area is 207 Å². The summed E-state index contributed by atoms with van der Waals surface area (Å²) in [5.41, 5.74) is 2.65. The van der Waals surface area contributed by atoms with Gasteiger partial charge in [0.2, 0.25) is 0 Å². The number of hydrogen-bond acceptors (Lipinski definition) is 4. The number of aromatic nitrogens is 3. The van der Waals surface area contributed by atoms with Crippen molar-refractivity contribution >= 4 is 6.03 Å². The minimum Gasteiger partial charge on any atom is -0.393 e. The van der Waals surface area contributed by atoms with Crippen molar-refractivity contribution < 1.29 is 23.1 Å². The van der Waals surface area contributed by atoms with Crippen LogP contribution in [0, 0.1) is 0 Å². The molecular weight excluding hydrogens is 471 g/mol. The SMILES string of the molecule is O=C(N1CCC(O)CC1)N1CC(c2ccc(C(F)(F)F)cc2)CC(c2cc(-c3ccncc3)n[nH]2)C1. The first-order valence-electron chi connectivity index (χ1n) is 12.1. The predicted molar refractivity (Wildman–Crippen MR) is 127 cm³/mol. The van der Waals surface area contributed by atoms with E-state index < -0.39 is 11.7 Å². The zero-order valence-corrected chi connectivity index (χ0v) is 19.7. The van der Waals surface area contributed by atoms with Gasteiger partial charge in [0.15, 0.2) is 0 Å². The molecule has 10 heteroatoms. The first-order chi connectivity index (χ1) is 17.3. The number of amides is 2. The number of halogens is 3. The van der Waals surface area contributed by atoms with Gasteiger partial charge in [0.1, 0.15) is 0 Å². The smallest absolute Gasteiger partial charge is 0.393 e. The summed E-state index contributed by atoms with van der Waals surface area (Å²) in [4.78, 5) is 21.0. The lowest BCUT2D eigenvalue weighted by molar-refractivity contribution is -0.137. The van der Waals surface area contributed by atoms with Crippen molar-refractivity contribution in [1.82, 2.24) is 25.0 Å². The molecule has 7 nitrogen and oxygen atoms in total. The van der Waals surface area contributed by atoms with Crippen LogP contribution < -0.4 is 0 Å². The second-order valence-electron chi connectivity index (χ2n) is 9.60. The van der Waals surface area contributed by atoms with Crippen LogP contribution in [0.25, 0.3) is 11.3 Å². The summed E-state index contributed by atoms with van der Waals surface area (Å²) in [6, 6.07) is 10.9. The number of nitrogens with one attached hydrogen (secondary N) is 1. The van der Waals surface area contributed by atoms with Crippen molar-refractivity contribution in [2.24, 2.45) is 0 Å². The largest absolute Gasteiger partial charge is 0.416 e. The van der Waals surface area contributed by atoms with Crippen LogP contribution in [0.4, 0.5) is 18.0 Å². The summed E-state index contributed by atoms with van der Waals surface area (Å²) in [6.07, 6.45) is 0.364. The second-order valence-corrected chi connectivity index (χ2v) is 9.60. The number of hydrogen-bond donors (Lipinski definition) is 2. The number of carbonyl (C=O) groups is 1. The van der Waals surface area contributed by atoms with Gasteiger partial charge in [0.25, 0.3) is 0 Å². The number of carbonyl (C=O) groups excluding carboxylic acids is 1. The Morgan fingerprint density at radius 3 is 2.31 bits per heavy atom. The fourth-order valence-electron chi connectivity index (χ4n) is 5.14. The third-order valence-electron chi connectivity index (χ3n) is 7.18. The van der Waals surface area contributed by atoms with Gasteiger partial charge >= 0.3 is 12.2 Å². The van der Waals surface area contributed by atoms with Gasteiger partial charge in [-0.3, -0.25) is 10.1 Å². The van der Waals surface area contributed by atoms with Gasteiger partial charge in [0, 0.05) is 61.7 Å². The van der Waals surface area contributed by atoms with Crippen LogP contribution in [0.3, 0.4) is 0 Å². The summed E-state index contributed by atoms with van der Waals surface area (Å²) in [5.74, 6) is -0.188. The standard InChI is InChI=1S/C26H28F3N5O2/c27-26(28,29)21-3-1-17(2-4-21)19-13-20(24-14-23(31-32-24)18-5-9-30-10-6-18)16-34(15-19)25(36)33-11-7-22(35)8-12-33/h1-6,9-10,14,19-20,22,35H,7-8,11-13,15-16H2,(H,31,32). The lowest BCUT2D eigenvalue weighted by atomic mass is 9.82. The van der Waals surface area contributed by atoms with E-state index in [0.29, 0.717) is 45.4 Å². The van der Waals surface area contributed by atoms with E-state index in [9.17, 15) is 23.1 Å². The molecule has 0 saturated carbocycles. The number of piperidine rings is 2. The number of aliphatic hydroxyl groups is 1. The molecule has 2 N–H and O–H groups in total. The van der Waals surface area contributed by atoms with E-state index in [4.69, 9.17) is 0 Å². The fraction of sp³-hybridized carbons (Fsp3) is 0.423. The summed E-state index contributed by atoms with van der Waals surface area (Å²) in [5, 5.41) is 17.4. The zero-order valence-electron chi connectivity index (χ0n) is 19.7. The van der Waals surface area contributed by atoms with Gasteiger partial charge in [-0.1, -0.05) is 12.1 Å². The van der Waals surface area contributed by atoms with E-state index in [1.807, 2.05) is 18.2 Å². The molecule has 190 valence electrons. The third-order valence-corrected chi connectivity index (χ3v) is 7.18. The average Bonchev–Trinajstić information content (AvgIpc) is 3.39. The summed E-state index contributed by atoms with van der Waals surface area (Å²) in [7, 11) is 0. The zero-order chi connectivity index (χ0) is 25.3. The number of likely N-dealkylation sites (tertiary alicyclic amines) is 2. The van der Waals surface area contributed by atoms with Crippen LogP contribution >= 0.6 is 0 Å². The van der Waals surface area contributed by atoms with Crippen LogP contribution in [0.5, 0.6) is 0 Å². The number of benzene rings is 1. The van der Waals surface area contributed by atoms with Crippen LogP contribution in [0.15, 0.2) is 54.9 Å². The quantitative estimate of drug-likeness (QED) is 0.550. The molecule has 2 atom stereocenters. The lowest BCUT2D eigenvalue weighted by Gasteiger charge is -2.41. The normalized spacial score (nSPS) is 21.6. The molecule has 36 heavy (non-hydrogen) atoms. The highest BCUT2D eigenvalue weighted by atomic mass is 19.4. The third kappa shape index (κ3) is 5.23. The van der Waals surface area contributed by atoms with Crippen LogP contribution in [0.2, 0.25) is 0 Å². The summed E-state index contributed by atoms with van der Waals surface area (Å²) >= 11 is 0. The molecule has 0 aliphatic carbocycles. The highest BCUT2D eigenvalue weighted by Crippen LogP contribution is 2.38. The first-order valence-corrected chi connectivity index (χ1v) is 12.1. The highest BCUT2D eigenvalue weighted by molar-refractivity contribution is 5.75. The second kappa shape index (κ2) is 9.93. The van der Waals surface area contributed by atoms with Gasteiger partial charge in [-0.25, -0.2) is 4.79 Å². The Morgan fingerprint density at radius 1 is 0.972 bits per heavy atom. The van der Waals surface area contributed by atoms with Crippen molar-refractivity contribution in [2.75, 3.05) is 26.2 Å². The van der Waals surface area contributed by atoms with E-state index in [2.05, 4.69) is 15.2 Å². The molecule has 2 aromatic heterocycles. The van der Waals surface area contributed by atoms with E-state index >= 15 is 0 Å². The molecule has 2 unspecified atom stereocenters. The van der Waals surface area contributed by atoms with Crippen molar-refractivity contribution in [3.63, 3.8) is 0 Å². The summed E-state index contributed by atoms with van der Waals surface area (Å²) < 4.78 is 39.3. The van der Waals surface area contributed by atoms with E-state index in [0.717, 1.165) is 34.6 Å². The molecule has 2 aliphatic heterocycles. The minimum absolute atomic E-state index is 0.0616. The molecule has 2 fully saturated rings. The number of nitrogens with zero attached hydrogens (tertiary/aromatic N) is 4. The monoisotopic (exact) mass is 499 g/mol. The Bertz CT molecular complexity index is 1170. The van der Waals surface area contributed by atoms with Crippen LogP contribution in [0.1, 0.15) is 47.9 Å². The van der Waals surface area contributed by atoms with Gasteiger partial charge < -0.3 is 14.9 Å². The topological polar surface area (TPSA) is 85.3 Å². The first kappa shape index (κ1) is 24.3. The molecule has 0 spiro atoms. The maximum atomic E-state index is 13.4.